The summed E-state index contributed by atoms with van der Waals surface area (Å²) in [4.78, 5) is 25.0. The number of ether oxygens (including phenoxy) is 2. The van der Waals surface area contributed by atoms with Gasteiger partial charge in [0, 0.05) is 0 Å². The van der Waals surface area contributed by atoms with Gasteiger partial charge in [-0.2, -0.15) is 8.42 Å². The second-order valence-electron chi connectivity index (χ2n) is 11.9. The predicted octanol–water partition coefficient (Wildman–Crippen LogP) is 10.2. The molecular formula is C35H60O7S. The fraction of sp³-hybridized carbons (Fsp3) is 0.771. The van der Waals surface area contributed by atoms with Crippen molar-refractivity contribution in [3.63, 3.8) is 0 Å². The van der Waals surface area contributed by atoms with E-state index >= 15 is 0 Å². The molecule has 1 atom stereocenters. The van der Waals surface area contributed by atoms with Gasteiger partial charge in [-0.1, -0.05) is 161 Å². The maximum atomic E-state index is 12.5. The molecule has 0 aliphatic heterocycles. The lowest BCUT2D eigenvalue weighted by Gasteiger charge is -2.14. The van der Waals surface area contributed by atoms with Crippen molar-refractivity contribution in [1.82, 2.24) is 0 Å². The Morgan fingerprint density at radius 2 is 0.953 bits per heavy atom. The van der Waals surface area contributed by atoms with Crippen LogP contribution in [0.1, 0.15) is 182 Å². The quantitative estimate of drug-likeness (QED) is 0.0561. The molecule has 0 radical (unpaired) electrons. The van der Waals surface area contributed by atoms with Crippen molar-refractivity contribution in [3.8, 4) is 0 Å². The van der Waals surface area contributed by atoms with Crippen molar-refractivity contribution in [3.05, 3.63) is 35.4 Å². The monoisotopic (exact) mass is 624 g/mol. The average Bonchev–Trinajstić information content (AvgIpc) is 2.99. The van der Waals surface area contributed by atoms with E-state index in [9.17, 15) is 22.6 Å². The highest BCUT2D eigenvalue weighted by molar-refractivity contribution is 7.86. The first-order valence-corrected chi connectivity index (χ1v) is 18.7. The molecule has 0 spiro atoms. The molecule has 0 amide bonds. The molecule has 0 aliphatic rings. The van der Waals surface area contributed by atoms with E-state index in [4.69, 9.17) is 9.47 Å². The molecule has 248 valence electrons. The normalized spacial score (nSPS) is 12.3. The highest BCUT2D eigenvalue weighted by Crippen LogP contribution is 2.17. The van der Waals surface area contributed by atoms with Crippen LogP contribution in [-0.2, 0) is 19.6 Å². The van der Waals surface area contributed by atoms with Crippen LogP contribution in [0.15, 0.2) is 24.3 Å². The van der Waals surface area contributed by atoms with E-state index in [-0.39, 0.29) is 24.2 Å². The third-order valence-electron chi connectivity index (χ3n) is 8.00. The van der Waals surface area contributed by atoms with E-state index in [1.54, 1.807) is 12.1 Å². The first kappa shape index (κ1) is 39.1. The summed E-state index contributed by atoms with van der Waals surface area (Å²) >= 11 is 0. The maximum Gasteiger partial charge on any atom is 0.340 e. The lowest BCUT2D eigenvalue weighted by atomic mass is 10.0. The van der Waals surface area contributed by atoms with Crippen LogP contribution in [0.2, 0.25) is 0 Å². The lowest BCUT2D eigenvalue weighted by Crippen LogP contribution is -2.27. The molecule has 0 fully saturated rings. The highest BCUT2D eigenvalue weighted by Gasteiger charge is 2.28. The number of hydrogen-bond acceptors (Lipinski definition) is 6. The second-order valence-corrected chi connectivity index (χ2v) is 13.4. The second kappa shape index (κ2) is 25.4. The Morgan fingerprint density at radius 1 is 0.605 bits per heavy atom. The summed E-state index contributed by atoms with van der Waals surface area (Å²) in [6.45, 7) is 4.00. The van der Waals surface area contributed by atoms with Crippen LogP contribution < -0.4 is 0 Å². The fourth-order valence-electron chi connectivity index (χ4n) is 5.33. The molecule has 0 saturated heterocycles. The summed E-state index contributed by atoms with van der Waals surface area (Å²) in [5.74, 6) is -1.66. The zero-order valence-corrected chi connectivity index (χ0v) is 28.0. The molecule has 43 heavy (non-hydrogen) atoms. The maximum absolute atomic E-state index is 12.5. The number of esters is 2. The lowest BCUT2D eigenvalue weighted by molar-refractivity contribution is 0.0402. The van der Waals surface area contributed by atoms with E-state index < -0.39 is 27.5 Å². The van der Waals surface area contributed by atoms with Crippen molar-refractivity contribution < 1.29 is 32.0 Å². The molecule has 0 aromatic heterocycles. The van der Waals surface area contributed by atoms with Crippen LogP contribution in [-0.4, -0.2) is 37.0 Å². The van der Waals surface area contributed by atoms with Crippen molar-refractivity contribution in [2.45, 2.75) is 167 Å². The first-order valence-electron chi connectivity index (χ1n) is 17.2. The molecule has 1 unspecified atom stereocenters. The minimum absolute atomic E-state index is 0.0106. The van der Waals surface area contributed by atoms with Gasteiger partial charge in [0.25, 0.3) is 0 Å². The van der Waals surface area contributed by atoms with Gasteiger partial charge < -0.3 is 9.47 Å². The number of rotatable bonds is 28. The Hall–Kier alpha value is -1.93. The molecule has 0 bridgehead atoms. The Balaban J connectivity index is 1.99. The summed E-state index contributed by atoms with van der Waals surface area (Å²) in [5, 5.41) is 0. The van der Waals surface area contributed by atoms with Crippen molar-refractivity contribution in [1.29, 1.82) is 0 Å². The minimum atomic E-state index is -4.55. The van der Waals surface area contributed by atoms with E-state index in [1.807, 2.05) is 0 Å². The van der Waals surface area contributed by atoms with E-state index in [0.29, 0.717) is 0 Å². The summed E-state index contributed by atoms with van der Waals surface area (Å²) in [6, 6.07) is 5.94. The predicted molar refractivity (Wildman–Crippen MR) is 175 cm³/mol. The highest BCUT2D eigenvalue weighted by atomic mass is 32.2. The van der Waals surface area contributed by atoms with Crippen molar-refractivity contribution in [2.24, 2.45) is 0 Å². The van der Waals surface area contributed by atoms with E-state index in [1.165, 1.54) is 141 Å². The third kappa shape index (κ3) is 19.9. The number of benzene rings is 1. The largest absolute Gasteiger partial charge is 0.462 e. The van der Waals surface area contributed by atoms with Gasteiger partial charge in [0.2, 0.25) is 5.44 Å². The molecule has 1 N–H and O–H groups in total. The van der Waals surface area contributed by atoms with Gasteiger partial charge in [-0.05, 0) is 25.0 Å². The zero-order chi connectivity index (χ0) is 31.6. The Morgan fingerprint density at radius 3 is 1.30 bits per heavy atom. The van der Waals surface area contributed by atoms with Gasteiger partial charge >= 0.3 is 22.1 Å². The van der Waals surface area contributed by atoms with Gasteiger partial charge in [0.15, 0.2) is 0 Å². The molecular weight excluding hydrogens is 564 g/mol. The molecule has 8 heteroatoms. The van der Waals surface area contributed by atoms with Crippen LogP contribution in [0.25, 0.3) is 0 Å². The van der Waals surface area contributed by atoms with Crippen LogP contribution in [0.5, 0.6) is 0 Å². The Kier molecular flexibility index (Phi) is 23.1. The number of carbonyl (C=O) groups excluding carboxylic acids is 2. The minimum Gasteiger partial charge on any atom is -0.462 e. The zero-order valence-electron chi connectivity index (χ0n) is 27.2. The molecule has 1 aromatic carbocycles. The summed E-state index contributed by atoms with van der Waals surface area (Å²) in [6.07, 6.45) is 28.8. The number of carbonyl (C=O) groups is 2. The Labute approximate surface area is 262 Å². The number of unbranched alkanes of at least 4 members (excludes halogenated alkanes) is 21. The molecule has 1 aromatic rings. The van der Waals surface area contributed by atoms with Crippen LogP contribution in [0, 0.1) is 0 Å². The van der Waals surface area contributed by atoms with E-state index in [0.717, 1.165) is 19.3 Å². The van der Waals surface area contributed by atoms with Crippen molar-refractivity contribution in [2.75, 3.05) is 6.61 Å². The fourth-order valence-corrected chi connectivity index (χ4v) is 5.96. The summed E-state index contributed by atoms with van der Waals surface area (Å²) in [5.41, 5.74) is -1.77. The molecule has 0 saturated carbocycles. The van der Waals surface area contributed by atoms with Gasteiger partial charge in [0.05, 0.1) is 17.7 Å². The van der Waals surface area contributed by atoms with Crippen LogP contribution in [0.3, 0.4) is 0 Å². The molecule has 1 rings (SSSR count). The smallest absolute Gasteiger partial charge is 0.340 e. The molecule has 0 aliphatic carbocycles. The van der Waals surface area contributed by atoms with Gasteiger partial charge in [0.1, 0.15) is 0 Å². The average molecular weight is 625 g/mol. The van der Waals surface area contributed by atoms with E-state index in [2.05, 4.69) is 6.92 Å². The SMILES string of the molecule is CCCCCCCCCCCCCCCCCCCCCCCCOC(=O)c1ccccc1C(=O)OC(CC)S(=O)(=O)O. The van der Waals surface area contributed by atoms with Crippen LogP contribution in [0.4, 0.5) is 0 Å². The first-order chi connectivity index (χ1) is 20.8. The van der Waals surface area contributed by atoms with Gasteiger partial charge in [-0.25, -0.2) is 9.59 Å². The topological polar surface area (TPSA) is 107 Å². The molecule has 7 nitrogen and oxygen atoms in total. The number of hydrogen-bond donors (Lipinski definition) is 1. The Bertz CT molecular complexity index is 961. The summed E-state index contributed by atoms with van der Waals surface area (Å²) < 4.78 is 42.2. The third-order valence-corrected chi connectivity index (χ3v) is 9.10. The van der Waals surface area contributed by atoms with Crippen LogP contribution >= 0.6 is 0 Å². The summed E-state index contributed by atoms with van der Waals surface area (Å²) in [7, 11) is -4.55. The van der Waals surface area contributed by atoms with Gasteiger partial charge in [-0.3, -0.25) is 4.55 Å². The van der Waals surface area contributed by atoms with Gasteiger partial charge in [-0.15, -0.1) is 0 Å². The standard InChI is InChI=1S/C35H60O7S/c1-3-5-6-7-8-9-10-11-12-13-14-15-16-17-18-19-20-21-22-23-24-27-30-41-34(36)31-28-25-26-29-32(31)35(37)42-33(4-2)43(38,39)40/h25-26,28-29,33H,3-24,27,30H2,1-2H3,(H,38,39,40). The van der Waals surface area contributed by atoms with Crippen molar-refractivity contribution >= 4 is 22.1 Å². The molecule has 0 heterocycles.